The van der Waals surface area contributed by atoms with Gasteiger partial charge in [0.05, 0.1) is 7.11 Å². The Morgan fingerprint density at radius 3 is 2.58 bits per heavy atom. The van der Waals surface area contributed by atoms with E-state index in [0.717, 1.165) is 49.5 Å². The van der Waals surface area contributed by atoms with E-state index in [9.17, 15) is 5.11 Å². The predicted octanol–water partition coefficient (Wildman–Crippen LogP) is 4.34. The first-order valence-corrected chi connectivity index (χ1v) is 12.8. The monoisotopic (exact) mass is 429 g/mol. The third kappa shape index (κ3) is 6.59. The molecule has 1 atom stereocenters. The van der Waals surface area contributed by atoms with Crippen molar-refractivity contribution in [3.8, 4) is 11.5 Å². The normalized spacial score (nSPS) is 24.1. The van der Waals surface area contributed by atoms with Crippen LogP contribution >= 0.6 is 0 Å². The fraction of sp³-hybridized carbons (Fsp3) is 0.769. The summed E-state index contributed by atoms with van der Waals surface area (Å²) < 4.78 is 5.42. The minimum absolute atomic E-state index is 0.389. The van der Waals surface area contributed by atoms with Crippen LogP contribution in [0.4, 0.5) is 0 Å². The van der Waals surface area contributed by atoms with Crippen LogP contribution < -0.4 is 4.74 Å². The van der Waals surface area contributed by atoms with Gasteiger partial charge in [-0.15, -0.1) is 0 Å². The number of ether oxygens (including phenoxy) is 1. The number of phenols is 1. The lowest BCUT2D eigenvalue weighted by Crippen LogP contribution is -2.46. The second kappa shape index (κ2) is 11.5. The Balaban J connectivity index is 1.39. The summed E-state index contributed by atoms with van der Waals surface area (Å²) in [5.41, 5.74) is 0.987. The summed E-state index contributed by atoms with van der Waals surface area (Å²) in [6.45, 7) is 9.21. The van der Waals surface area contributed by atoms with Crippen molar-refractivity contribution in [2.45, 2.75) is 70.4 Å². The number of hydrogen-bond donors (Lipinski definition) is 1. The molecule has 1 aromatic carbocycles. The van der Waals surface area contributed by atoms with Crippen LogP contribution in [0.3, 0.4) is 0 Å². The van der Waals surface area contributed by atoms with Crippen LogP contribution in [-0.2, 0) is 6.54 Å². The Hall–Kier alpha value is -1.30. The molecule has 0 amide bonds. The molecule has 174 valence electrons. The summed E-state index contributed by atoms with van der Waals surface area (Å²) in [6, 6.07) is 6.47. The van der Waals surface area contributed by atoms with Crippen molar-refractivity contribution < 1.29 is 9.84 Å². The highest BCUT2D eigenvalue weighted by Gasteiger charge is 2.29. The van der Waals surface area contributed by atoms with Crippen molar-refractivity contribution in [2.24, 2.45) is 5.92 Å². The Morgan fingerprint density at radius 1 is 1.00 bits per heavy atom. The average Bonchev–Trinajstić information content (AvgIpc) is 3.35. The van der Waals surface area contributed by atoms with E-state index in [0.29, 0.717) is 5.75 Å². The second-order valence-corrected chi connectivity index (χ2v) is 10.1. The van der Waals surface area contributed by atoms with E-state index >= 15 is 0 Å². The van der Waals surface area contributed by atoms with Crippen molar-refractivity contribution >= 4 is 0 Å². The van der Waals surface area contributed by atoms with Crippen molar-refractivity contribution in [1.29, 1.82) is 0 Å². The van der Waals surface area contributed by atoms with Gasteiger partial charge < -0.3 is 19.6 Å². The van der Waals surface area contributed by atoms with Gasteiger partial charge in [-0.2, -0.15) is 0 Å². The zero-order valence-electron chi connectivity index (χ0n) is 19.6. The van der Waals surface area contributed by atoms with Gasteiger partial charge in [0.2, 0.25) is 0 Å². The van der Waals surface area contributed by atoms with Gasteiger partial charge in [-0.1, -0.05) is 19.3 Å². The average molecular weight is 430 g/mol. The second-order valence-electron chi connectivity index (χ2n) is 10.1. The number of hydrogen-bond acceptors (Lipinski definition) is 5. The molecule has 0 radical (unpaired) electrons. The number of nitrogens with zero attached hydrogens (tertiary/aromatic N) is 3. The molecule has 2 heterocycles. The van der Waals surface area contributed by atoms with Crippen molar-refractivity contribution in [2.75, 3.05) is 52.9 Å². The number of likely N-dealkylation sites (tertiary alicyclic amines) is 2. The molecule has 0 bridgehead atoms. The summed E-state index contributed by atoms with van der Waals surface area (Å²) in [7, 11) is 1.70. The summed E-state index contributed by atoms with van der Waals surface area (Å²) in [4.78, 5) is 8.03. The van der Waals surface area contributed by atoms with E-state index in [1.54, 1.807) is 13.2 Å². The zero-order chi connectivity index (χ0) is 21.5. The molecule has 3 fully saturated rings. The molecule has 0 aromatic heterocycles. The lowest BCUT2D eigenvalue weighted by molar-refractivity contribution is 0.0909. The molecule has 2 aliphatic heterocycles. The maximum Gasteiger partial charge on any atom is 0.120 e. The standard InChI is InChI=1S/C26H43N3O2/c1-31-25-11-12-26(30)23(18-25)21-28(17-16-27-13-5-2-6-14-27)19-22-8-7-15-29(20-22)24-9-3-4-10-24/h11-12,18,22,24,30H,2-10,13-17,19-21H2,1H3. The van der Waals surface area contributed by atoms with Crippen LogP contribution in [0.1, 0.15) is 63.4 Å². The van der Waals surface area contributed by atoms with Gasteiger partial charge in [0.1, 0.15) is 11.5 Å². The van der Waals surface area contributed by atoms with Gasteiger partial charge in [0.25, 0.3) is 0 Å². The molecule has 1 unspecified atom stereocenters. The van der Waals surface area contributed by atoms with Crippen molar-refractivity contribution in [1.82, 2.24) is 14.7 Å². The smallest absolute Gasteiger partial charge is 0.120 e. The molecule has 1 saturated carbocycles. The minimum atomic E-state index is 0.389. The number of piperidine rings is 2. The number of aromatic hydroxyl groups is 1. The third-order valence-electron chi connectivity index (χ3n) is 7.77. The van der Waals surface area contributed by atoms with E-state index in [4.69, 9.17) is 4.74 Å². The Labute approximate surface area is 189 Å². The molecule has 1 aliphatic carbocycles. The van der Waals surface area contributed by atoms with Gasteiger partial charge >= 0.3 is 0 Å². The Morgan fingerprint density at radius 2 is 1.81 bits per heavy atom. The molecule has 0 spiro atoms. The molecule has 2 saturated heterocycles. The third-order valence-corrected chi connectivity index (χ3v) is 7.77. The SMILES string of the molecule is COc1ccc(O)c(CN(CCN2CCCCC2)CC2CCCN(C3CCCC3)C2)c1. The highest BCUT2D eigenvalue weighted by molar-refractivity contribution is 5.39. The van der Waals surface area contributed by atoms with E-state index in [-0.39, 0.29) is 0 Å². The first-order valence-electron chi connectivity index (χ1n) is 12.8. The minimum Gasteiger partial charge on any atom is -0.508 e. The van der Waals surface area contributed by atoms with Gasteiger partial charge in [0, 0.05) is 44.3 Å². The molecular formula is C26H43N3O2. The molecule has 31 heavy (non-hydrogen) atoms. The van der Waals surface area contributed by atoms with Crippen LogP contribution in [0.5, 0.6) is 11.5 Å². The number of phenolic OH excluding ortho intramolecular Hbond substituents is 1. The highest BCUT2D eigenvalue weighted by atomic mass is 16.5. The van der Waals surface area contributed by atoms with Crippen molar-refractivity contribution in [3.63, 3.8) is 0 Å². The van der Waals surface area contributed by atoms with Crippen LogP contribution in [0.15, 0.2) is 18.2 Å². The van der Waals surface area contributed by atoms with E-state index in [2.05, 4.69) is 14.7 Å². The number of methoxy groups -OCH3 is 1. The zero-order valence-corrected chi connectivity index (χ0v) is 19.6. The Kier molecular flexibility index (Phi) is 8.51. The molecule has 3 aliphatic rings. The van der Waals surface area contributed by atoms with Crippen molar-refractivity contribution in [3.05, 3.63) is 23.8 Å². The lowest BCUT2D eigenvalue weighted by atomic mass is 9.95. The van der Waals surface area contributed by atoms with Gasteiger partial charge in [-0.05, 0) is 82.3 Å². The summed E-state index contributed by atoms with van der Waals surface area (Å²) >= 11 is 0. The quantitative estimate of drug-likeness (QED) is 0.632. The number of rotatable bonds is 9. The van der Waals surface area contributed by atoms with E-state index in [1.807, 2.05) is 12.1 Å². The molecule has 5 nitrogen and oxygen atoms in total. The van der Waals surface area contributed by atoms with Crippen LogP contribution in [0.25, 0.3) is 0 Å². The fourth-order valence-electron chi connectivity index (χ4n) is 5.97. The van der Waals surface area contributed by atoms with Crippen LogP contribution in [0, 0.1) is 5.92 Å². The lowest BCUT2D eigenvalue weighted by Gasteiger charge is -2.39. The Bertz CT molecular complexity index is 671. The molecule has 1 N–H and O–H groups in total. The maximum atomic E-state index is 10.5. The highest BCUT2D eigenvalue weighted by Crippen LogP contribution is 2.29. The van der Waals surface area contributed by atoms with E-state index in [1.165, 1.54) is 84.0 Å². The fourth-order valence-corrected chi connectivity index (χ4v) is 5.97. The number of benzene rings is 1. The van der Waals surface area contributed by atoms with Crippen LogP contribution in [-0.4, -0.2) is 78.8 Å². The molecule has 4 rings (SSSR count). The molecule has 1 aromatic rings. The first kappa shape index (κ1) is 22.9. The summed E-state index contributed by atoms with van der Waals surface area (Å²) in [5.74, 6) is 1.96. The predicted molar refractivity (Wildman–Crippen MR) is 127 cm³/mol. The largest absolute Gasteiger partial charge is 0.508 e. The van der Waals surface area contributed by atoms with E-state index < -0.39 is 0 Å². The van der Waals surface area contributed by atoms with Gasteiger partial charge in [-0.25, -0.2) is 0 Å². The summed E-state index contributed by atoms with van der Waals surface area (Å²) in [5, 5.41) is 10.5. The maximum absolute atomic E-state index is 10.5. The van der Waals surface area contributed by atoms with Crippen LogP contribution in [0.2, 0.25) is 0 Å². The molecular weight excluding hydrogens is 386 g/mol. The molecule has 5 heteroatoms. The summed E-state index contributed by atoms with van der Waals surface area (Å²) in [6.07, 6.45) is 12.4. The first-order chi connectivity index (χ1) is 15.2. The van der Waals surface area contributed by atoms with Gasteiger partial charge in [0.15, 0.2) is 0 Å². The topological polar surface area (TPSA) is 39.2 Å². The van der Waals surface area contributed by atoms with Gasteiger partial charge in [-0.3, -0.25) is 4.90 Å².